The van der Waals surface area contributed by atoms with E-state index in [-0.39, 0.29) is 30.5 Å². The fraction of sp³-hybridized carbons (Fsp3) is 0.370. The molecule has 3 N–H and O–H groups in total. The number of methoxy groups -OCH3 is 1. The van der Waals surface area contributed by atoms with Gasteiger partial charge in [-0.1, -0.05) is 0 Å². The van der Waals surface area contributed by atoms with Gasteiger partial charge in [0.25, 0.3) is 0 Å². The van der Waals surface area contributed by atoms with Crippen LogP contribution in [0, 0.1) is 5.41 Å². The summed E-state index contributed by atoms with van der Waals surface area (Å²) in [5.41, 5.74) is 0.580. The average Bonchev–Trinajstić information content (AvgIpc) is 2.86. The summed E-state index contributed by atoms with van der Waals surface area (Å²) in [7, 11) is 1.45. The van der Waals surface area contributed by atoms with Gasteiger partial charge in [-0.25, -0.2) is 14.4 Å². The SMILES string of the molecule is CCOC(=O)C(Nc1ccc(C(=N)NC(=O)OC(C)(C)C)cc1)c1cc(OC)cc(OC=C=O)c1OCC. The van der Waals surface area contributed by atoms with E-state index < -0.39 is 23.7 Å². The number of carbonyl (C=O) groups excluding carboxylic acids is 3. The van der Waals surface area contributed by atoms with Crippen LogP contribution in [0.4, 0.5) is 10.5 Å². The van der Waals surface area contributed by atoms with Gasteiger partial charge in [0.2, 0.25) is 0 Å². The summed E-state index contributed by atoms with van der Waals surface area (Å²) in [5, 5.41) is 13.7. The molecule has 1 atom stereocenters. The molecule has 0 aliphatic carbocycles. The Morgan fingerprint density at radius 3 is 2.34 bits per heavy atom. The Bertz CT molecular complexity index is 1180. The van der Waals surface area contributed by atoms with Crippen LogP contribution in [0.2, 0.25) is 0 Å². The Morgan fingerprint density at radius 2 is 1.79 bits per heavy atom. The van der Waals surface area contributed by atoms with Gasteiger partial charge < -0.3 is 29.0 Å². The van der Waals surface area contributed by atoms with E-state index in [0.717, 1.165) is 6.26 Å². The highest BCUT2D eigenvalue weighted by Gasteiger charge is 2.29. The van der Waals surface area contributed by atoms with Crippen LogP contribution < -0.4 is 24.8 Å². The van der Waals surface area contributed by atoms with Crippen LogP contribution in [0.1, 0.15) is 51.8 Å². The lowest BCUT2D eigenvalue weighted by atomic mass is 10.0. The van der Waals surface area contributed by atoms with Gasteiger partial charge in [0.15, 0.2) is 29.7 Å². The first-order valence-electron chi connectivity index (χ1n) is 11.9. The van der Waals surface area contributed by atoms with Crippen molar-refractivity contribution in [2.75, 3.05) is 25.6 Å². The number of hydrogen-bond donors (Lipinski definition) is 3. The molecule has 2 aromatic carbocycles. The number of alkyl carbamates (subject to hydrolysis) is 1. The van der Waals surface area contributed by atoms with Crippen molar-refractivity contribution in [1.82, 2.24) is 5.32 Å². The van der Waals surface area contributed by atoms with Gasteiger partial charge in [0.1, 0.15) is 17.2 Å². The van der Waals surface area contributed by atoms with Crippen molar-refractivity contribution in [3.8, 4) is 17.2 Å². The molecule has 0 fully saturated rings. The minimum absolute atomic E-state index is 0.134. The van der Waals surface area contributed by atoms with Crippen LogP contribution in [0.15, 0.2) is 42.7 Å². The first-order chi connectivity index (χ1) is 18.0. The molecule has 0 spiro atoms. The van der Waals surface area contributed by atoms with Gasteiger partial charge >= 0.3 is 12.1 Å². The van der Waals surface area contributed by atoms with Gasteiger partial charge in [0.05, 0.1) is 20.3 Å². The van der Waals surface area contributed by atoms with Crippen molar-refractivity contribution in [3.05, 3.63) is 53.8 Å². The van der Waals surface area contributed by atoms with Crippen molar-refractivity contribution < 1.29 is 38.1 Å². The van der Waals surface area contributed by atoms with E-state index in [1.807, 2.05) is 0 Å². The molecule has 38 heavy (non-hydrogen) atoms. The summed E-state index contributed by atoms with van der Waals surface area (Å²) in [6.07, 6.45) is 0.0864. The first-order valence-corrected chi connectivity index (χ1v) is 11.9. The van der Waals surface area contributed by atoms with Crippen molar-refractivity contribution in [1.29, 1.82) is 5.41 Å². The smallest absolute Gasteiger partial charge is 0.413 e. The van der Waals surface area contributed by atoms with Crippen molar-refractivity contribution in [3.63, 3.8) is 0 Å². The zero-order valence-electron chi connectivity index (χ0n) is 22.3. The number of anilines is 1. The van der Waals surface area contributed by atoms with E-state index in [9.17, 15) is 14.4 Å². The van der Waals surface area contributed by atoms with E-state index in [4.69, 9.17) is 29.1 Å². The monoisotopic (exact) mass is 527 g/mol. The highest BCUT2D eigenvalue weighted by atomic mass is 16.6. The fourth-order valence-electron chi connectivity index (χ4n) is 3.27. The first kappa shape index (κ1) is 29.7. The average molecular weight is 528 g/mol. The molecule has 0 heterocycles. The third-order valence-corrected chi connectivity index (χ3v) is 4.76. The summed E-state index contributed by atoms with van der Waals surface area (Å²) >= 11 is 0. The molecule has 0 aliphatic rings. The van der Waals surface area contributed by atoms with Crippen LogP contribution in [0.25, 0.3) is 0 Å². The van der Waals surface area contributed by atoms with E-state index in [1.54, 1.807) is 65.0 Å². The van der Waals surface area contributed by atoms with E-state index >= 15 is 0 Å². The topological polar surface area (TPSA) is 145 Å². The minimum atomic E-state index is -1.06. The number of amides is 1. The zero-order valence-corrected chi connectivity index (χ0v) is 22.3. The number of hydrogen-bond acceptors (Lipinski definition) is 10. The lowest BCUT2D eigenvalue weighted by Crippen LogP contribution is -2.36. The van der Waals surface area contributed by atoms with Crippen LogP contribution >= 0.6 is 0 Å². The summed E-state index contributed by atoms with van der Waals surface area (Å²) in [4.78, 5) is 35.8. The summed E-state index contributed by atoms with van der Waals surface area (Å²) in [6.45, 7) is 9.01. The predicted octanol–water partition coefficient (Wildman–Crippen LogP) is 4.38. The maximum absolute atomic E-state index is 13.1. The van der Waals surface area contributed by atoms with Crippen molar-refractivity contribution in [2.45, 2.75) is 46.3 Å². The van der Waals surface area contributed by atoms with Gasteiger partial charge in [-0.2, -0.15) is 0 Å². The highest BCUT2D eigenvalue weighted by molar-refractivity contribution is 6.04. The Kier molecular flexibility index (Phi) is 10.7. The van der Waals surface area contributed by atoms with E-state index in [0.29, 0.717) is 22.6 Å². The van der Waals surface area contributed by atoms with Crippen LogP contribution in [-0.4, -0.2) is 49.8 Å². The fourth-order valence-corrected chi connectivity index (χ4v) is 3.27. The molecule has 0 aliphatic heterocycles. The maximum Gasteiger partial charge on any atom is 0.413 e. The third kappa shape index (κ3) is 8.56. The Hall–Kier alpha value is -4.50. The van der Waals surface area contributed by atoms with Gasteiger partial charge in [-0.15, -0.1) is 0 Å². The Balaban J connectivity index is 2.41. The molecule has 11 heteroatoms. The summed E-state index contributed by atoms with van der Waals surface area (Å²) in [6, 6.07) is 8.54. The molecule has 2 rings (SSSR count). The lowest BCUT2D eigenvalue weighted by Gasteiger charge is -2.23. The number of ether oxygens (including phenoxy) is 5. The highest BCUT2D eigenvalue weighted by Crippen LogP contribution is 2.41. The maximum atomic E-state index is 13.1. The zero-order chi connectivity index (χ0) is 28.3. The number of amidine groups is 1. The minimum Gasteiger partial charge on any atom is -0.497 e. The lowest BCUT2D eigenvalue weighted by molar-refractivity contribution is -0.144. The number of rotatable bonds is 11. The predicted molar refractivity (Wildman–Crippen MR) is 141 cm³/mol. The molecular weight excluding hydrogens is 494 g/mol. The second kappa shape index (κ2) is 13.7. The summed E-state index contributed by atoms with van der Waals surface area (Å²) < 4.78 is 27.0. The molecule has 0 saturated heterocycles. The molecule has 1 amide bonds. The van der Waals surface area contributed by atoms with E-state index in [2.05, 4.69) is 10.6 Å². The van der Waals surface area contributed by atoms with Crippen LogP contribution in [0.5, 0.6) is 17.2 Å². The molecule has 0 bridgehead atoms. The molecular formula is C27H33N3O8. The van der Waals surface area contributed by atoms with Crippen molar-refractivity contribution in [2.24, 2.45) is 0 Å². The largest absolute Gasteiger partial charge is 0.497 e. The standard InChI is InChI=1S/C27H33N3O8/c1-7-35-23-20(15-19(34-6)16-21(23)37-14-13-31)22(25(32)36-8-2)29-18-11-9-17(10-12-18)24(28)30-26(33)38-27(3,4)5/h9-12,14-16,22,29H,7-8H2,1-6H3,(H2,28,30,33). The molecule has 204 valence electrons. The molecule has 0 saturated carbocycles. The van der Waals surface area contributed by atoms with Gasteiger partial charge in [0, 0.05) is 22.9 Å². The second-order valence-corrected chi connectivity index (χ2v) is 8.74. The molecule has 0 aromatic heterocycles. The second-order valence-electron chi connectivity index (χ2n) is 8.74. The Labute approximate surface area is 221 Å². The third-order valence-electron chi connectivity index (χ3n) is 4.76. The number of nitrogens with one attached hydrogen (secondary N) is 3. The summed E-state index contributed by atoms with van der Waals surface area (Å²) in [5.74, 6) is 1.51. The molecule has 2 aromatic rings. The van der Waals surface area contributed by atoms with Gasteiger partial charge in [-0.05, 0) is 65.0 Å². The van der Waals surface area contributed by atoms with Gasteiger partial charge in [-0.3, -0.25) is 10.7 Å². The number of esters is 1. The number of benzene rings is 2. The Morgan fingerprint density at radius 1 is 1.11 bits per heavy atom. The van der Waals surface area contributed by atoms with Crippen LogP contribution in [-0.2, 0) is 19.1 Å². The molecule has 11 nitrogen and oxygen atoms in total. The normalized spacial score (nSPS) is 11.3. The van der Waals surface area contributed by atoms with Crippen LogP contribution in [0.3, 0.4) is 0 Å². The van der Waals surface area contributed by atoms with E-state index in [1.165, 1.54) is 19.1 Å². The molecule has 1 unspecified atom stereocenters. The van der Waals surface area contributed by atoms with Crippen molar-refractivity contribution >= 4 is 29.5 Å². The quantitative estimate of drug-likeness (QED) is 0.127. The number of carbonyl (C=O) groups is 2. The molecule has 0 radical (unpaired) electrons.